The van der Waals surface area contributed by atoms with Crippen molar-refractivity contribution in [2.75, 3.05) is 11.5 Å². The van der Waals surface area contributed by atoms with Crippen LogP contribution in [0, 0.1) is 0 Å². The zero-order valence-corrected chi connectivity index (χ0v) is 11.1. The first-order valence-electron chi connectivity index (χ1n) is 6.23. The van der Waals surface area contributed by atoms with Crippen LogP contribution in [0.4, 0.5) is 11.8 Å². The first kappa shape index (κ1) is 11.6. The van der Waals surface area contributed by atoms with E-state index >= 15 is 0 Å². The molecular formula is C13H11N7O. The number of oxazole rings is 1. The minimum Gasteiger partial charge on any atom is -0.424 e. The van der Waals surface area contributed by atoms with Gasteiger partial charge < -0.3 is 15.9 Å². The fourth-order valence-electron chi connectivity index (χ4n) is 2.40. The standard InChI is InChI=1S/C13H11N7O/c1-20-12-9(11(14)16-5-17-12)10(19-20)6-2-3-8-7(4-6)18-13(15)21-8/h2-5H,1H3,(H2,15,18)(H2,14,16,17). The number of benzene rings is 1. The monoisotopic (exact) mass is 281 g/mol. The maximum atomic E-state index is 5.97. The van der Waals surface area contributed by atoms with E-state index in [-0.39, 0.29) is 6.01 Å². The zero-order chi connectivity index (χ0) is 14.6. The topological polar surface area (TPSA) is 122 Å². The lowest BCUT2D eigenvalue weighted by Gasteiger charge is -1.99. The Hall–Kier alpha value is -3.16. The molecule has 4 N–H and O–H groups in total. The van der Waals surface area contributed by atoms with Crippen LogP contribution in [-0.2, 0) is 7.05 Å². The van der Waals surface area contributed by atoms with Crippen LogP contribution < -0.4 is 11.5 Å². The van der Waals surface area contributed by atoms with Crippen molar-refractivity contribution in [2.24, 2.45) is 7.05 Å². The fraction of sp³-hybridized carbons (Fsp3) is 0.0769. The van der Waals surface area contributed by atoms with E-state index in [1.807, 2.05) is 19.2 Å². The largest absolute Gasteiger partial charge is 0.424 e. The Morgan fingerprint density at radius 2 is 2.05 bits per heavy atom. The van der Waals surface area contributed by atoms with Gasteiger partial charge in [-0.3, -0.25) is 0 Å². The van der Waals surface area contributed by atoms with Crippen LogP contribution in [-0.4, -0.2) is 24.7 Å². The second kappa shape index (κ2) is 3.92. The molecule has 104 valence electrons. The Bertz CT molecular complexity index is 985. The van der Waals surface area contributed by atoms with E-state index in [0.29, 0.717) is 28.3 Å². The number of fused-ring (bicyclic) bond motifs is 2. The lowest BCUT2D eigenvalue weighted by Crippen LogP contribution is -1.95. The number of aryl methyl sites for hydroxylation is 1. The van der Waals surface area contributed by atoms with Gasteiger partial charge in [0.05, 0.1) is 5.39 Å². The summed E-state index contributed by atoms with van der Waals surface area (Å²) in [5.74, 6) is 0.392. The predicted molar refractivity (Wildman–Crippen MR) is 78.1 cm³/mol. The van der Waals surface area contributed by atoms with Crippen molar-refractivity contribution in [3.8, 4) is 11.3 Å². The number of aromatic nitrogens is 5. The molecule has 0 saturated carbocycles. The molecule has 8 heteroatoms. The molecule has 0 saturated heterocycles. The summed E-state index contributed by atoms with van der Waals surface area (Å²) in [5.41, 5.74) is 15.0. The van der Waals surface area contributed by atoms with Gasteiger partial charge in [0.25, 0.3) is 6.01 Å². The van der Waals surface area contributed by atoms with Crippen molar-refractivity contribution in [3.63, 3.8) is 0 Å². The lowest BCUT2D eigenvalue weighted by molar-refractivity contribution is 0.626. The van der Waals surface area contributed by atoms with E-state index in [2.05, 4.69) is 20.1 Å². The SMILES string of the molecule is Cn1nc(-c2ccc3oc(N)nc3c2)c2c(N)ncnc21. The predicted octanol–water partition coefficient (Wildman–Crippen LogP) is 1.34. The summed E-state index contributed by atoms with van der Waals surface area (Å²) >= 11 is 0. The smallest absolute Gasteiger partial charge is 0.292 e. The van der Waals surface area contributed by atoms with Crippen LogP contribution in [0.3, 0.4) is 0 Å². The minimum atomic E-state index is 0.135. The Labute approximate surface area is 118 Å². The number of anilines is 2. The van der Waals surface area contributed by atoms with E-state index in [1.54, 1.807) is 10.7 Å². The molecule has 1 aromatic carbocycles. The zero-order valence-electron chi connectivity index (χ0n) is 11.1. The molecule has 0 bridgehead atoms. The molecule has 0 aliphatic rings. The first-order chi connectivity index (χ1) is 10.1. The van der Waals surface area contributed by atoms with Crippen molar-refractivity contribution in [1.82, 2.24) is 24.7 Å². The summed E-state index contributed by atoms with van der Waals surface area (Å²) in [4.78, 5) is 12.4. The van der Waals surface area contributed by atoms with E-state index in [4.69, 9.17) is 15.9 Å². The molecule has 0 atom stereocenters. The van der Waals surface area contributed by atoms with Gasteiger partial charge >= 0.3 is 0 Å². The van der Waals surface area contributed by atoms with Gasteiger partial charge in [-0.05, 0) is 18.2 Å². The van der Waals surface area contributed by atoms with Crippen LogP contribution in [0.1, 0.15) is 0 Å². The second-order valence-electron chi connectivity index (χ2n) is 4.66. The molecule has 21 heavy (non-hydrogen) atoms. The van der Waals surface area contributed by atoms with Crippen LogP contribution in [0.15, 0.2) is 28.9 Å². The molecule has 0 unspecified atom stereocenters. The molecule has 0 spiro atoms. The summed E-state index contributed by atoms with van der Waals surface area (Å²) in [6, 6.07) is 5.66. The maximum absolute atomic E-state index is 5.97. The Balaban J connectivity index is 2.03. The van der Waals surface area contributed by atoms with Gasteiger partial charge in [-0.25, -0.2) is 14.6 Å². The summed E-state index contributed by atoms with van der Waals surface area (Å²) in [5, 5.41) is 5.20. The highest BCUT2D eigenvalue weighted by Crippen LogP contribution is 2.31. The van der Waals surface area contributed by atoms with Crippen molar-refractivity contribution < 1.29 is 4.42 Å². The van der Waals surface area contributed by atoms with Gasteiger partial charge in [0.1, 0.15) is 23.4 Å². The van der Waals surface area contributed by atoms with E-state index in [1.165, 1.54) is 6.33 Å². The molecule has 0 amide bonds. The number of nitrogens with zero attached hydrogens (tertiary/aromatic N) is 5. The Morgan fingerprint density at radius 1 is 1.19 bits per heavy atom. The number of hydrogen-bond acceptors (Lipinski definition) is 7. The minimum absolute atomic E-state index is 0.135. The highest BCUT2D eigenvalue weighted by Gasteiger charge is 2.16. The molecule has 4 rings (SSSR count). The first-order valence-corrected chi connectivity index (χ1v) is 6.23. The van der Waals surface area contributed by atoms with Gasteiger partial charge in [0.2, 0.25) is 0 Å². The van der Waals surface area contributed by atoms with Gasteiger partial charge in [-0.2, -0.15) is 10.1 Å². The molecule has 4 aromatic rings. The van der Waals surface area contributed by atoms with Crippen LogP contribution in [0.25, 0.3) is 33.4 Å². The molecule has 0 fully saturated rings. The molecular weight excluding hydrogens is 270 g/mol. The van der Waals surface area contributed by atoms with Gasteiger partial charge in [-0.1, -0.05) is 0 Å². The third-order valence-corrected chi connectivity index (χ3v) is 3.33. The summed E-state index contributed by atoms with van der Waals surface area (Å²) in [7, 11) is 1.81. The van der Waals surface area contributed by atoms with Crippen molar-refractivity contribution >= 4 is 34.0 Å². The molecule has 0 aliphatic carbocycles. The average molecular weight is 281 g/mol. The third-order valence-electron chi connectivity index (χ3n) is 3.33. The van der Waals surface area contributed by atoms with E-state index in [0.717, 1.165) is 10.9 Å². The van der Waals surface area contributed by atoms with Crippen molar-refractivity contribution in [3.05, 3.63) is 24.5 Å². The van der Waals surface area contributed by atoms with Crippen molar-refractivity contribution in [2.45, 2.75) is 0 Å². The molecule has 0 aliphatic heterocycles. The maximum Gasteiger partial charge on any atom is 0.292 e. The third kappa shape index (κ3) is 1.62. The Kier molecular flexibility index (Phi) is 2.17. The number of rotatable bonds is 1. The van der Waals surface area contributed by atoms with Gasteiger partial charge in [-0.15, -0.1) is 0 Å². The van der Waals surface area contributed by atoms with Crippen LogP contribution in [0.5, 0.6) is 0 Å². The van der Waals surface area contributed by atoms with E-state index < -0.39 is 0 Å². The lowest BCUT2D eigenvalue weighted by atomic mass is 10.1. The number of hydrogen-bond donors (Lipinski definition) is 2. The van der Waals surface area contributed by atoms with Gasteiger partial charge in [0, 0.05) is 12.6 Å². The normalized spacial score (nSPS) is 11.5. The highest BCUT2D eigenvalue weighted by molar-refractivity contribution is 5.99. The molecule has 3 aromatic heterocycles. The van der Waals surface area contributed by atoms with Crippen molar-refractivity contribution in [1.29, 1.82) is 0 Å². The highest BCUT2D eigenvalue weighted by atomic mass is 16.4. The summed E-state index contributed by atoms with van der Waals surface area (Å²) in [6.45, 7) is 0. The van der Waals surface area contributed by atoms with Gasteiger partial charge in [0.15, 0.2) is 11.2 Å². The quantitative estimate of drug-likeness (QED) is 0.539. The molecule has 8 nitrogen and oxygen atoms in total. The number of nitrogen functional groups attached to an aromatic ring is 2. The average Bonchev–Trinajstić information content (AvgIpc) is 2.99. The van der Waals surface area contributed by atoms with Crippen LogP contribution in [0.2, 0.25) is 0 Å². The molecule has 0 radical (unpaired) electrons. The number of nitrogens with two attached hydrogens (primary N) is 2. The van der Waals surface area contributed by atoms with E-state index in [9.17, 15) is 0 Å². The Morgan fingerprint density at radius 3 is 2.90 bits per heavy atom. The summed E-state index contributed by atoms with van der Waals surface area (Å²) < 4.78 is 6.94. The second-order valence-corrected chi connectivity index (χ2v) is 4.66. The molecule has 3 heterocycles. The fourth-order valence-corrected chi connectivity index (χ4v) is 2.40. The van der Waals surface area contributed by atoms with Crippen LogP contribution >= 0.6 is 0 Å². The summed E-state index contributed by atoms with van der Waals surface area (Å²) in [6.07, 6.45) is 1.42.